The van der Waals surface area contributed by atoms with E-state index < -0.39 is 0 Å². The Morgan fingerprint density at radius 1 is 1.06 bits per heavy atom. The number of anilines is 1. The van der Waals surface area contributed by atoms with Crippen LogP contribution in [-0.2, 0) is 13.1 Å². The molecule has 1 amide bonds. The molecule has 0 aliphatic carbocycles. The van der Waals surface area contributed by atoms with Crippen LogP contribution in [0.1, 0.15) is 32.9 Å². The van der Waals surface area contributed by atoms with Gasteiger partial charge in [-0.15, -0.1) is 0 Å². The van der Waals surface area contributed by atoms with Gasteiger partial charge >= 0.3 is 0 Å². The third-order valence-electron chi connectivity index (χ3n) is 4.92. The van der Waals surface area contributed by atoms with E-state index in [1.165, 1.54) is 0 Å². The highest BCUT2D eigenvalue weighted by Crippen LogP contribution is 2.25. The minimum atomic E-state index is -0.240. The van der Waals surface area contributed by atoms with Crippen molar-refractivity contribution in [1.29, 1.82) is 0 Å². The number of carbonyl (C=O) groups excluding carboxylic acids is 1. The van der Waals surface area contributed by atoms with Crippen LogP contribution in [0.4, 0.5) is 5.82 Å². The minimum Gasteiger partial charge on any atom is -0.304 e. The molecule has 4 aromatic rings. The zero-order valence-electron chi connectivity index (χ0n) is 17.4. The molecular formula is C23H20BrCl2N5O. The quantitative estimate of drug-likeness (QED) is 0.325. The lowest BCUT2D eigenvalue weighted by molar-refractivity contribution is 0.102. The van der Waals surface area contributed by atoms with Crippen LogP contribution in [0, 0.1) is 13.8 Å². The first-order valence-corrected chi connectivity index (χ1v) is 11.4. The maximum absolute atomic E-state index is 12.9. The van der Waals surface area contributed by atoms with E-state index in [1.807, 2.05) is 48.9 Å². The average Bonchev–Trinajstić information content (AvgIpc) is 3.24. The number of nitrogens with one attached hydrogen (secondary N) is 1. The summed E-state index contributed by atoms with van der Waals surface area (Å²) < 4.78 is 4.30. The van der Waals surface area contributed by atoms with Crippen molar-refractivity contribution >= 4 is 50.9 Å². The van der Waals surface area contributed by atoms with Gasteiger partial charge in [-0.3, -0.25) is 14.2 Å². The van der Waals surface area contributed by atoms with Gasteiger partial charge in [0.1, 0.15) is 0 Å². The van der Waals surface area contributed by atoms with E-state index in [2.05, 4.69) is 31.4 Å². The largest absolute Gasteiger partial charge is 0.304 e. The summed E-state index contributed by atoms with van der Waals surface area (Å²) in [6.45, 7) is 5.02. The van der Waals surface area contributed by atoms with Crippen LogP contribution in [0.2, 0.25) is 10.0 Å². The number of halogens is 3. The maximum atomic E-state index is 12.9. The Kier molecular flexibility index (Phi) is 6.69. The minimum absolute atomic E-state index is 0.240. The van der Waals surface area contributed by atoms with E-state index in [0.29, 0.717) is 39.0 Å². The predicted octanol–water partition coefficient (Wildman–Crippen LogP) is 6.11. The molecule has 0 fully saturated rings. The summed E-state index contributed by atoms with van der Waals surface area (Å²) in [5, 5.41) is 13.0. The van der Waals surface area contributed by atoms with Crippen LogP contribution in [0.5, 0.6) is 0 Å². The summed E-state index contributed by atoms with van der Waals surface area (Å²) in [6, 6.07) is 14.8. The Balaban J connectivity index is 1.47. The highest BCUT2D eigenvalue weighted by atomic mass is 79.9. The fourth-order valence-corrected chi connectivity index (χ4v) is 4.27. The highest BCUT2D eigenvalue weighted by molar-refractivity contribution is 9.10. The third kappa shape index (κ3) is 5.23. The first kappa shape index (κ1) is 22.6. The van der Waals surface area contributed by atoms with E-state index in [9.17, 15) is 4.79 Å². The van der Waals surface area contributed by atoms with E-state index in [1.54, 1.807) is 29.1 Å². The number of rotatable bonds is 6. The molecule has 32 heavy (non-hydrogen) atoms. The summed E-state index contributed by atoms with van der Waals surface area (Å²) in [6.07, 6.45) is 1.79. The second-order valence-corrected chi connectivity index (χ2v) is 9.20. The van der Waals surface area contributed by atoms with Crippen molar-refractivity contribution in [2.24, 2.45) is 0 Å². The standard InChI is InChI=1S/C23H20BrCl2N5O/c1-14-8-15(2)31(28-14)11-16-4-3-5-17(9-16)23(32)27-22-20(24)13-30(29-22)12-18-6-7-19(25)10-21(18)26/h3-10,13H,11-12H2,1-2H3,(H,27,29,32). The molecule has 0 aliphatic rings. The van der Waals surface area contributed by atoms with Crippen LogP contribution in [-0.4, -0.2) is 25.5 Å². The van der Waals surface area contributed by atoms with Gasteiger partial charge in [0, 0.05) is 27.5 Å². The molecule has 2 heterocycles. The Morgan fingerprint density at radius 3 is 2.59 bits per heavy atom. The molecule has 0 spiro atoms. The van der Waals surface area contributed by atoms with Crippen molar-refractivity contribution in [1.82, 2.24) is 19.6 Å². The lowest BCUT2D eigenvalue weighted by atomic mass is 10.1. The van der Waals surface area contributed by atoms with Gasteiger partial charge in [0.05, 0.1) is 23.3 Å². The molecule has 2 aromatic heterocycles. The van der Waals surface area contributed by atoms with Crippen molar-refractivity contribution in [3.05, 3.63) is 97.3 Å². The van der Waals surface area contributed by atoms with Crippen molar-refractivity contribution in [2.75, 3.05) is 5.32 Å². The van der Waals surface area contributed by atoms with Crippen LogP contribution < -0.4 is 5.32 Å². The van der Waals surface area contributed by atoms with Gasteiger partial charge in [0.25, 0.3) is 5.91 Å². The molecule has 0 bridgehead atoms. The van der Waals surface area contributed by atoms with Gasteiger partial charge in [-0.05, 0) is 71.2 Å². The fourth-order valence-electron chi connectivity index (χ4n) is 3.39. The Bertz CT molecular complexity index is 1300. The third-order valence-corrected chi connectivity index (χ3v) is 6.09. The van der Waals surface area contributed by atoms with Gasteiger partial charge in [-0.2, -0.15) is 10.2 Å². The zero-order chi connectivity index (χ0) is 22.8. The van der Waals surface area contributed by atoms with E-state index in [0.717, 1.165) is 22.5 Å². The van der Waals surface area contributed by atoms with Crippen molar-refractivity contribution in [3.63, 3.8) is 0 Å². The van der Waals surface area contributed by atoms with Gasteiger partial charge in [0.15, 0.2) is 5.82 Å². The van der Waals surface area contributed by atoms with Gasteiger partial charge < -0.3 is 5.32 Å². The van der Waals surface area contributed by atoms with Crippen LogP contribution in [0.25, 0.3) is 0 Å². The average molecular weight is 533 g/mol. The van der Waals surface area contributed by atoms with Crippen molar-refractivity contribution < 1.29 is 4.79 Å². The normalized spacial score (nSPS) is 11.0. The van der Waals surface area contributed by atoms with Gasteiger partial charge in [-0.25, -0.2) is 0 Å². The van der Waals surface area contributed by atoms with Crippen LogP contribution in [0.15, 0.2) is 59.2 Å². The summed E-state index contributed by atoms with van der Waals surface area (Å²) >= 11 is 15.7. The molecule has 9 heteroatoms. The van der Waals surface area contributed by atoms with E-state index in [4.69, 9.17) is 23.2 Å². The van der Waals surface area contributed by atoms with Crippen LogP contribution >= 0.6 is 39.1 Å². The Morgan fingerprint density at radius 2 is 1.88 bits per heavy atom. The lowest BCUT2D eigenvalue weighted by Crippen LogP contribution is -2.14. The second-order valence-electron chi connectivity index (χ2n) is 7.50. The second kappa shape index (κ2) is 9.48. The molecule has 2 aromatic carbocycles. The first-order chi connectivity index (χ1) is 15.3. The molecule has 6 nitrogen and oxygen atoms in total. The highest BCUT2D eigenvalue weighted by Gasteiger charge is 2.14. The summed E-state index contributed by atoms with van der Waals surface area (Å²) in [4.78, 5) is 12.9. The summed E-state index contributed by atoms with van der Waals surface area (Å²) in [5.41, 5.74) is 4.46. The molecule has 0 unspecified atom stereocenters. The molecule has 0 radical (unpaired) electrons. The number of hydrogen-bond acceptors (Lipinski definition) is 3. The molecule has 0 saturated heterocycles. The van der Waals surface area contributed by atoms with E-state index >= 15 is 0 Å². The molecular weight excluding hydrogens is 513 g/mol. The topological polar surface area (TPSA) is 64.7 Å². The fraction of sp³-hybridized carbons (Fsp3) is 0.174. The Labute approximate surface area is 204 Å². The first-order valence-electron chi connectivity index (χ1n) is 9.87. The summed E-state index contributed by atoms with van der Waals surface area (Å²) in [7, 11) is 0. The molecule has 0 aliphatic heterocycles. The lowest BCUT2D eigenvalue weighted by Gasteiger charge is -2.08. The number of nitrogens with zero attached hydrogens (tertiary/aromatic N) is 4. The number of carbonyl (C=O) groups is 1. The molecule has 4 rings (SSSR count). The number of aromatic nitrogens is 4. The van der Waals surface area contributed by atoms with Gasteiger partial charge in [0.2, 0.25) is 0 Å². The smallest absolute Gasteiger partial charge is 0.256 e. The number of amides is 1. The van der Waals surface area contributed by atoms with Crippen LogP contribution in [0.3, 0.4) is 0 Å². The number of hydrogen-bond donors (Lipinski definition) is 1. The van der Waals surface area contributed by atoms with Gasteiger partial charge in [-0.1, -0.05) is 41.4 Å². The molecule has 1 N–H and O–H groups in total. The predicted molar refractivity (Wildman–Crippen MR) is 131 cm³/mol. The molecule has 0 atom stereocenters. The number of benzene rings is 2. The van der Waals surface area contributed by atoms with E-state index in [-0.39, 0.29) is 5.91 Å². The maximum Gasteiger partial charge on any atom is 0.256 e. The monoisotopic (exact) mass is 531 g/mol. The molecule has 0 saturated carbocycles. The Hall–Kier alpha value is -2.61. The van der Waals surface area contributed by atoms with Crippen molar-refractivity contribution in [3.8, 4) is 0 Å². The van der Waals surface area contributed by atoms with Crippen molar-refractivity contribution in [2.45, 2.75) is 26.9 Å². The summed E-state index contributed by atoms with van der Waals surface area (Å²) in [5.74, 6) is 0.194. The zero-order valence-corrected chi connectivity index (χ0v) is 20.5. The number of aryl methyl sites for hydroxylation is 2. The molecule has 164 valence electrons. The SMILES string of the molecule is Cc1cc(C)n(Cc2cccc(C(=O)Nc3nn(Cc4ccc(Cl)cc4Cl)cc3Br)c2)n1.